The second kappa shape index (κ2) is 8.71. The Morgan fingerprint density at radius 2 is 1.63 bits per heavy atom. The van der Waals surface area contributed by atoms with Gasteiger partial charge in [-0.05, 0) is 43.2 Å². The van der Waals surface area contributed by atoms with Gasteiger partial charge in [-0.2, -0.15) is 0 Å². The fraction of sp³-hybridized carbons (Fsp3) is 0.278. The third-order valence-corrected chi connectivity index (χ3v) is 5.66. The van der Waals surface area contributed by atoms with Crippen molar-refractivity contribution in [1.82, 2.24) is 0 Å². The molecular weight excluding hydrogens is 390 g/mol. The minimum atomic E-state index is -3.70. The largest absolute Gasteiger partial charge is 0.381 e. The zero-order valence-electron chi connectivity index (χ0n) is 14.6. The van der Waals surface area contributed by atoms with E-state index in [0.717, 1.165) is 0 Å². The molecule has 1 aliphatic rings. The van der Waals surface area contributed by atoms with Gasteiger partial charge in [0.2, 0.25) is 5.91 Å². The first kappa shape index (κ1) is 21.2. The fourth-order valence-corrected chi connectivity index (χ4v) is 3.76. The monoisotopic (exact) mass is 411 g/mol. The van der Waals surface area contributed by atoms with Crippen LogP contribution in [0.4, 0.5) is 11.4 Å². The number of hydrogen-bond acceptors (Lipinski definition) is 5. The first-order valence-corrected chi connectivity index (χ1v) is 9.73. The maximum absolute atomic E-state index is 12.5. The van der Waals surface area contributed by atoms with Crippen LogP contribution >= 0.6 is 12.4 Å². The van der Waals surface area contributed by atoms with Gasteiger partial charge in [-0.3, -0.25) is 9.52 Å². The highest BCUT2D eigenvalue weighted by Crippen LogP contribution is 2.23. The summed E-state index contributed by atoms with van der Waals surface area (Å²) in [5.41, 5.74) is 6.01. The maximum atomic E-state index is 12.5. The molecule has 0 atom stereocenters. The molecule has 1 aliphatic heterocycles. The minimum absolute atomic E-state index is 0. The molecule has 4 N–H and O–H groups in total. The Morgan fingerprint density at radius 1 is 1.00 bits per heavy atom. The van der Waals surface area contributed by atoms with E-state index in [4.69, 9.17) is 10.5 Å². The first-order valence-electron chi connectivity index (χ1n) is 8.25. The van der Waals surface area contributed by atoms with Crippen LogP contribution in [0, 0.1) is 0 Å². The minimum Gasteiger partial charge on any atom is -0.381 e. The summed E-state index contributed by atoms with van der Waals surface area (Å²) in [6.45, 7) is 0.891. The zero-order chi connectivity index (χ0) is 18.6. The summed E-state index contributed by atoms with van der Waals surface area (Å²) < 4.78 is 32.6. The van der Waals surface area contributed by atoms with Gasteiger partial charge < -0.3 is 15.8 Å². The summed E-state index contributed by atoms with van der Waals surface area (Å²) in [4.78, 5) is 12.6. The van der Waals surface area contributed by atoms with Crippen molar-refractivity contribution < 1.29 is 17.9 Å². The molecule has 0 unspecified atom stereocenters. The van der Waals surface area contributed by atoms with Crippen molar-refractivity contribution >= 4 is 39.7 Å². The van der Waals surface area contributed by atoms with Gasteiger partial charge in [-0.1, -0.05) is 24.3 Å². The average Bonchev–Trinajstić information content (AvgIpc) is 2.63. The van der Waals surface area contributed by atoms with E-state index in [1.165, 1.54) is 12.1 Å². The number of nitrogens with two attached hydrogens (primary N) is 1. The van der Waals surface area contributed by atoms with Gasteiger partial charge in [-0.15, -0.1) is 12.4 Å². The standard InChI is InChI=1S/C18H21N3O4S.ClH/c19-18(9-11-25-12-10-18)17(22)20-14-5-4-6-15(13-14)21-26(23,24)16-7-2-1-3-8-16;/h1-8,13,21H,9-12,19H2,(H,20,22);1H. The van der Waals surface area contributed by atoms with Crippen LogP contribution in [-0.4, -0.2) is 33.1 Å². The molecule has 0 saturated carbocycles. The van der Waals surface area contributed by atoms with E-state index >= 15 is 0 Å². The highest BCUT2D eigenvalue weighted by atomic mass is 35.5. The molecule has 0 aromatic heterocycles. The van der Waals surface area contributed by atoms with Gasteiger partial charge in [0.25, 0.3) is 10.0 Å². The fourth-order valence-electron chi connectivity index (χ4n) is 2.69. The Hall–Kier alpha value is -2.13. The number of halogens is 1. The van der Waals surface area contributed by atoms with Gasteiger partial charge in [-0.25, -0.2) is 8.42 Å². The molecule has 0 aliphatic carbocycles. The molecule has 0 bridgehead atoms. The Bertz CT molecular complexity index is 884. The van der Waals surface area contributed by atoms with Crippen LogP contribution in [0.2, 0.25) is 0 Å². The van der Waals surface area contributed by atoms with Crippen LogP contribution in [-0.2, 0) is 19.6 Å². The van der Waals surface area contributed by atoms with Crippen LogP contribution in [0.15, 0.2) is 59.5 Å². The zero-order valence-corrected chi connectivity index (χ0v) is 16.2. The van der Waals surface area contributed by atoms with E-state index < -0.39 is 15.6 Å². The molecule has 146 valence electrons. The molecule has 27 heavy (non-hydrogen) atoms. The number of carbonyl (C=O) groups is 1. The molecule has 1 heterocycles. The lowest BCUT2D eigenvalue weighted by molar-refractivity contribution is -0.124. The number of hydrogen-bond donors (Lipinski definition) is 3. The van der Waals surface area contributed by atoms with E-state index in [-0.39, 0.29) is 23.2 Å². The van der Waals surface area contributed by atoms with Crippen molar-refractivity contribution in [3.05, 3.63) is 54.6 Å². The van der Waals surface area contributed by atoms with E-state index in [2.05, 4.69) is 10.0 Å². The Morgan fingerprint density at radius 3 is 2.30 bits per heavy atom. The first-order chi connectivity index (χ1) is 12.4. The van der Waals surface area contributed by atoms with Crippen molar-refractivity contribution in [2.24, 2.45) is 5.73 Å². The van der Waals surface area contributed by atoms with E-state index in [0.29, 0.717) is 37.4 Å². The number of carbonyl (C=O) groups excluding carboxylic acids is 1. The number of nitrogens with one attached hydrogen (secondary N) is 2. The number of benzene rings is 2. The summed E-state index contributed by atoms with van der Waals surface area (Å²) in [5, 5.41) is 2.76. The number of anilines is 2. The predicted molar refractivity (Wildman–Crippen MR) is 107 cm³/mol. The predicted octanol–water partition coefficient (Wildman–Crippen LogP) is 2.36. The molecule has 1 saturated heterocycles. The molecule has 9 heteroatoms. The summed E-state index contributed by atoms with van der Waals surface area (Å²) in [6, 6.07) is 14.6. The van der Waals surface area contributed by atoms with Gasteiger partial charge in [0.05, 0.1) is 10.6 Å². The molecular formula is C18H22ClN3O4S. The van der Waals surface area contributed by atoms with Crippen molar-refractivity contribution in [3.8, 4) is 0 Å². The lowest BCUT2D eigenvalue weighted by Crippen LogP contribution is -2.54. The Kier molecular flexibility index (Phi) is 6.83. The molecule has 7 nitrogen and oxygen atoms in total. The molecule has 2 aromatic rings. The van der Waals surface area contributed by atoms with Gasteiger partial charge in [0.1, 0.15) is 5.54 Å². The van der Waals surface area contributed by atoms with E-state index in [1.807, 2.05) is 0 Å². The second-order valence-electron chi connectivity index (χ2n) is 6.22. The van der Waals surface area contributed by atoms with Crippen molar-refractivity contribution in [3.63, 3.8) is 0 Å². The molecule has 1 amide bonds. The third kappa shape index (κ3) is 5.20. The van der Waals surface area contributed by atoms with E-state index in [9.17, 15) is 13.2 Å². The quantitative estimate of drug-likeness (QED) is 0.699. The second-order valence-corrected chi connectivity index (χ2v) is 7.90. The number of sulfonamides is 1. The Balaban J connectivity index is 0.00000261. The molecule has 1 fully saturated rings. The SMILES string of the molecule is Cl.NC1(C(=O)Nc2cccc(NS(=O)(=O)c3ccccc3)c2)CCOCC1. The number of ether oxygens (including phenoxy) is 1. The third-order valence-electron chi connectivity index (χ3n) is 4.26. The van der Waals surface area contributed by atoms with Gasteiger partial charge in [0.15, 0.2) is 0 Å². The number of rotatable bonds is 5. The van der Waals surface area contributed by atoms with E-state index in [1.54, 1.807) is 42.5 Å². The lowest BCUT2D eigenvalue weighted by atomic mass is 9.90. The van der Waals surface area contributed by atoms with Crippen molar-refractivity contribution in [2.75, 3.05) is 23.3 Å². The smallest absolute Gasteiger partial charge is 0.261 e. The number of amides is 1. The van der Waals surface area contributed by atoms with Crippen LogP contribution in [0.3, 0.4) is 0 Å². The molecule has 0 spiro atoms. The normalized spacial score (nSPS) is 16.0. The van der Waals surface area contributed by atoms with Crippen LogP contribution in [0.25, 0.3) is 0 Å². The average molecular weight is 412 g/mol. The molecule has 0 radical (unpaired) electrons. The summed E-state index contributed by atoms with van der Waals surface area (Å²) in [5.74, 6) is -0.302. The van der Waals surface area contributed by atoms with Crippen LogP contribution in [0.5, 0.6) is 0 Å². The molecule has 3 rings (SSSR count). The lowest BCUT2D eigenvalue weighted by Gasteiger charge is -2.31. The van der Waals surface area contributed by atoms with Gasteiger partial charge >= 0.3 is 0 Å². The summed E-state index contributed by atoms with van der Waals surface area (Å²) in [6.07, 6.45) is 0.887. The highest BCUT2D eigenvalue weighted by molar-refractivity contribution is 7.92. The highest BCUT2D eigenvalue weighted by Gasteiger charge is 2.35. The maximum Gasteiger partial charge on any atom is 0.261 e. The summed E-state index contributed by atoms with van der Waals surface area (Å²) in [7, 11) is -3.70. The molecule has 2 aromatic carbocycles. The van der Waals surface area contributed by atoms with Crippen molar-refractivity contribution in [2.45, 2.75) is 23.3 Å². The topological polar surface area (TPSA) is 111 Å². The Labute approximate surface area is 164 Å². The summed E-state index contributed by atoms with van der Waals surface area (Å²) >= 11 is 0. The van der Waals surface area contributed by atoms with Crippen molar-refractivity contribution in [1.29, 1.82) is 0 Å². The van der Waals surface area contributed by atoms with Crippen LogP contribution < -0.4 is 15.8 Å². The van der Waals surface area contributed by atoms with Gasteiger partial charge in [0, 0.05) is 18.9 Å². The van der Waals surface area contributed by atoms with Crippen LogP contribution in [0.1, 0.15) is 12.8 Å².